The largest absolute Gasteiger partial charge is 0.395 e. The summed E-state index contributed by atoms with van der Waals surface area (Å²) < 4.78 is 0. The zero-order chi connectivity index (χ0) is 15.2. The van der Waals surface area contributed by atoms with Crippen molar-refractivity contribution in [3.05, 3.63) is 47.8 Å². The van der Waals surface area contributed by atoms with Crippen LogP contribution in [-0.2, 0) is 0 Å². The predicted molar refractivity (Wildman–Crippen MR) is 80.3 cm³/mol. The van der Waals surface area contributed by atoms with Gasteiger partial charge in [-0.2, -0.15) is 5.26 Å². The Morgan fingerprint density at radius 1 is 1.43 bits per heavy atom. The quantitative estimate of drug-likeness (QED) is 0.777. The van der Waals surface area contributed by atoms with E-state index in [1.54, 1.807) is 12.1 Å². The zero-order valence-electron chi connectivity index (χ0n) is 11.6. The van der Waals surface area contributed by atoms with Crippen LogP contribution in [-0.4, -0.2) is 36.2 Å². The molecule has 1 aromatic heterocycles. The van der Waals surface area contributed by atoms with E-state index in [0.717, 1.165) is 5.69 Å². The van der Waals surface area contributed by atoms with Gasteiger partial charge in [0, 0.05) is 31.2 Å². The number of hydrogen-bond acceptors (Lipinski definition) is 4. The molecule has 0 aliphatic rings. The fourth-order valence-corrected chi connectivity index (χ4v) is 1.87. The molecular weight excluding hydrogens is 268 g/mol. The second-order valence-corrected chi connectivity index (χ2v) is 4.56. The van der Waals surface area contributed by atoms with Gasteiger partial charge in [-0.05, 0) is 30.3 Å². The number of hydrogen-bond donors (Lipinski definition) is 3. The van der Waals surface area contributed by atoms with Crippen LogP contribution in [0.25, 0.3) is 0 Å². The summed E-state index contributed by atoms with van der Waals surface area (Å²) in [6.07, 6.45) is 1.50. The number of nitrogens with one attached hydrogen (secondary N) is 2. The van der Waals surface area contributed by atoms with Crippen LogP contribution >= 0.6 is 0 Å². The second-order valence-electron chi connectivity index (χ2n) is 4.56. The number of aromatic nitrogens is 1. The van der Waals surface area contributed by atoms with Gasteiger partial charge in [0.15, 0.2) is 0 Å². The molecule has 0 unspecified atom stereocenters. The minimum atomic E-state index is -0.274. The second kappa shape index (κ2) is 6.59. The standard InChI is InChI=1S/C15H16N4O2/c1-19(6-7-20)14-4-2-12(3-5-14)18-15(21)11-8-13(9-16)17-10-11/h2-5,8,10,17,20H,6-7H2,1H3,(H,18,21). The molecule has 1 heterocycles. The molecule has 1 aromatic carbocycles. The number of rotatable bonds is 5. The number of carbonyl (C=O) groups excluding carboxylic acids is 1. The van der Waals surface area contributed by atoms with Gasteiger partial charge in [0.1, 0.15) is 11.8 Å². The Labute approximate surface area is 122 Å². The van der Waals surface area contributed by atoms with Crippen molar-refractivity contribution in [3.63, 3.8) is 0 Å². The lowest BCUT2D eigenvalue weighted by Gasteiger charge is -2.18. The molecule has 0 bridgehead atoms. The number of nitriles is 1. The van der Waals surface area contributed by atoms with E-state index in [-0.39, 0.29) is 12.5 Å². The Kier molecular flexibility index (Phi) is 4.59. The van der Waals surface area contributed by atoms with Crippen molar-refractivity contribution < 1.29 is 9.90 Å². The van der Waals surface area contributed by atoms with Crippen LogP contribution in [0.2, 0.25) is 0 Å². The summed E-state index contributed by atoms with van der Waals surface area (Å²) in [6, 6.07) is 10.7. The zero-order valence-corrected chi connectivity index (χ0v) is 11.6. The average molecular weight is 284 g/mol. The molecule has 0 spiro atoms. The highest BCUT2D eigenvalue weighted by Gasteiger charge is 2.09. The normalized spacial score (nSPS) is 9.95. The van der Waals surface area contributed by atoms with Crippen LogP contribution < -0.4 is 10.2 Å². The van der Waals surface area contributed by atoms with Crippen LogP contribution in [0.4, 0.5) is 11.4 Å². The lowest BCUT2D eigenvalue weighted by Crippen LogP contribution is -2.21. The number of carbonyl (C=O) groups is 1. The SMILES string of the molecule is CN(CCO)c1ccc(NC(=O)c2c[nH]c(C#N)c2)cc1. The van der Waals surface area contributed by atoms with Crippen molar-refractivity contribution in [1.82, 2.24) is 4.98 Å². The number of anilines is 2. The van der Waals surface area contributed by atoms with E-state index in [0.29, 0.717) is 23.5 Å². The van der Waals surface area contributed by atoms with Crippen molar-refractivity contribution in [3.8, 4) is 6.07 Å². The summed E-state index contributed by atoms with van der Waals surface area (Å²) in [5.74, 6) is -0.274. The van der Waals surface area contributed by atoms with Crippen molar-refractivity contribution in [2.75, 3.05) is 30.4 Å². The molecule has 3 N–H and O–H groups in total. The maximum atomic E-state index is 12.0. The number of aromatic amines is 1. The van der Waals surface area contributed by atoms with Crippen LogP contribution in [0, 0.1) is 11.3 Å². The molecular formula is C15H16N4O2. The van der Waals surface area contributed by atoms with Gasteiger partial charge in [-0.15, -0.1) is 0 Å². The van der Waals surface area contributed by atoms with Gasteiger partial charge < -0.3 is 20.3 Å². The number of aliphatic hydroxyl groups is 1. The highest BCUT2D eigenvalue weighted by atomic mass is 16.3. The maximum absolute atomic E-state index is 12.0. The molecule has 108 valence electrons. The third-order valence-electron chi connectivity index (χ3n) is 3.07. The first-order valence-electron chi connectivity index (χ1n) is 6.46. The Hall–Kier alpha value is -2.78. The molecule has 0 aliphatic heterocycles. The molecule has 1 amide bonds. The smallest absolute Gasteiger partial charge is 0.257 e. The fourth-order valence-electron chi connectivity index (χ4n) is 1.87. The molecule has 6 nitrogen and oxygen atoms in total. The molecule has 0 radical (unpaired) electrons. The van der Waals surface area contributed by atoms with Crippen molar-refractivity contribution in [2.45, 2.75) is 0 Å². The Morgan fingerprint density at radius 2 is 2.14 bits per heavy atom. The third kappa shape index (κ3) is 3.61. The highest BCUT2D eigenvalue weighted by Crippen LogP contribution is 2.17. The lowest BCUT2D eigenvalue weighted by molar-refractivity contribution is 0.102. The van der Waals surface area contributed by atoms with E-state index in [9.17, 15) is 4.79 Å². The van der Waals surface area contributed by atoms with Gasteiger partial charge in [0.25, 0.3) is 5.91 Å². The number of likely N-dealkylation sites (N-methyl/N-ethyl adjacent to an activating group) is 1. The Morgan fingerprint density at radius 3 is 2.71 bits per heavy atom. The summed E-state index contributed by atoms with van der Waals surface area (Å²) in [4.78, 5) is 16.6. The number of nitrogens with zero attached hydrogens (tertiary/aromatic N) is 2. The summed E-state index contributed by atoms with van der Waals surface area (Å²) in [5, 5.41) is 20.4. The van der Waals surface area contributed by atoms with Gasteiger partial charge in [-0.25, -0.2) is 0 Å². The minimum absolute atomic E-state index is 0.0870. The Bertz CT molecular complexity index is 655. The molecule has 0 saturated carbocycles. The summed E-state index contributed by atoms with van der Waals surface area (Å²) in [5.41, 5.74) is 2.38. The number of amides is 1. The fraction of sp³-hybridized carbons (Fsp3) is 0.200. The van der Waals surface area contributed by atoms with Crippen LogP contribution in [0.3, 0.4) is 0 Å². The van der Waals surface area contributed by atoms with Crippen molar-refractivity contribution in [2.24, 2.45) is 0 Å². The van der Waals surface area contributed by atoms with Crippen LogP contribution in [0.5, 0.6) is 0 Å². The summed E-state index contributed by atoms with van der Waals surface area (Å²) >= 11 is 0. The molecule has 21 heavy (non-hydrogen) atoms. The Balaban J connectivity index is 2.03. The number of benzene rings is 1. The molecule has 0 aliphatic carbocycles. The molecule has 0 atom stereocenters. The molecule has 0 fully saturated rings. The van der Waals surface area contributed by atoms with Crippen LogP contribution in [0.1, 0.15) is 16.1 Å². The van der Waals surface area contributed by atoms with E-state index in [1.807, 2.05) is 30.1 Å². The molecule has 2 rings (SSSR count). The monoisotopic (exact) mass is 284 g/mol. The first-order valence-corrected chi connectivity index (χ1v) is 6.46. The molecule has 0 saturated heterocycles. The van der Waals surface area contributed by atoms with E-state index in [2.05, 4.69) is 10.3 Å². The highest BCUT2D eigenvalue weighted by molar-refractivity contribution is 6.04. The molecule has 2 aromatic rings. The van der Waals surface area contributed by atoms with Gasteiger partial charge >= 0.3 is 0 Å². The predicted octanol–water partition coefficient (Wildman–Crippen LogP) is 1.57. The minimum Gasteiger partial charge on any atom is -0.395 e. The topological polar surface area (TPSA) is 92.2 Å². The van der Waals surface area contributed by atoms with E-state index in [4.69, 9.17) is 10.4 Å². The summed E-state index contributed by atoms with van der Waals surface area (Å²) in [6.45, 7) is 0.635. The van der Waals surface area contributed by atoms with Gasteiger partial charge in [0.05, 0.1) is 12.2 Å². The maximum Gasteiger partial charge on any atom is 0.257 e. The third-order valence-corrected chi connectivity index (χ3v) is 3.07. The summed E-state index contributed by atoms with van der Waals surface area (Å²) in [7, 11) is 1.88. The van der Waals surface area contributed by atoms with E-state index >= 15 is 0 Å². The lowest BCUT2D eigenvalue weighted by atomic mass is 10.2. The molecule has 6 heteroatoms. The van der Waals surface area contributed by atoms with E-state index in [1.165, 1.54) is 12.3 Å². The first-order chi connectivity index (χ1) is 10.1. The number of H-pyrrole nitrogens is 1. The van der Waals surface area contributed by atoms with Crippen LogP contribution in [0.15, 0.2) is 36.5 Å². The van der Waals surface area contributed by atoms with Gasteiger partial charge in [-0.3, -0.25) is 4.79 Å². The van der Waals surface area contributed by atoms with Crippen molar-refractivity contribution >= 4 is 17.3 Å². The average Bonchev–Trinajstić information content (AvgIpc) is 2.97. The van der Waals surface area contributed by atoms with Gasteiger partial charge in [-0.1, -0.05) is 0 Å². The first kappa shape index (κ1) is 14.6. The van der Waals surface area contributed by atoms with Gasteiger partial charge in [0.2, 0.25) is 0 Å². The van der Waals surface area contributed by atoms with Crippen molar-refractivity contribution in [1.29, 1.82) is 5.26 Å². The number of aliphatic hydroxyl groups excluding tert-OH is 1. The van der Waals surface area contributed by atoms with E-state index < -0.39 is 0 Å².